The van der Waals surface area contributed by atoms with Crippen LogP contribution >= 0.6 is 24.0 Å². The Balaban J connectivity index is 0.00000420. The van der Waals surface area contributed by atoms with Crippen molar-refractivity contribution >= 4 is 35.8 Å². The smallest absolute Gasteiger partial charge is 0.259 e. The lowest BCUT2D eigenvalue weighted by molar-refractivity contribution is -0.130. The van der Waals surface area contributed by atoms with Crippen molar-refractivity contribution < 1.29 is 13.9 Å². The number of nitrogens with zero attached hydrogens (tertiary/aromatic N) is 2. The summed E-state index contributed by atoms with van der Waals surface area (Å²) >= 11 is 0. The van der Waals surface area contributed by atoms with Crippen molar-refractivity contribution in [2.45, 2.75) is 20.0 Å². The van der Waals surface area contributed by atoms with Gasteiger partial charge < -0.3 is 20.3 Å². The number of aliphatic imine (C=N–C) groups is 1. The minimum atomic E-state index is -0.208. The molecule has 8 heteroatoms. The summed E-state index contributed by atoms with van der Waals surface area (Å²) in [6.07, 6.45) is 0. The molecule has 2 N–H and O–H groups in total. The van der Waals surface area contributed by atoms with Gasteiger partial charge in [0, 0.05) is 34.2 Å². The van der Waals surface area contributed by atoms with Gasteiger partial charge in [-0.05, 0) is 41.8 Å². The molecule has 0 unspecified atom stereocenters. The van der Waals surface area contributed by atoms with Gasteiger partial charge in [-0.25, -0.2) is 4.39 Å². The lowest BCUT2D eigenvalue weighted by Crippen LogP contribution is -2.36. The number of benzene rings is 2. The van der Waals surface area contributed by atoms with E-state index >= 15 is 0 Å². The maximum Gasteiger partial charge on any atom is 0.259 e. The van der Waals surface area contributed by atoms with Crippen molar-refractivity contribution in [3.05, 3.63) is 65.0 Å². The fourth-order valence-corrected chi connectivity index (χ4v) is 2.43. The van der Waals surface area contributed by atoms with Crippen molar-refractivity contribution in [3.63, 3.8) is 0 Å². The van der Waals surface area contributed by atoms with Crippen LogP contribution in [0.25, 0.3) is 0 Å². The zero-order valence-corrected chi connectivity index (χ0v) is 19.5. The number of carbonyl (C=O) groups excluding carboxylic acids is 1. The Morgan fingerprint density at radius 2 is 1.76 bits per heavy atom. The minimum Gasteiger partial charge on any atom is -0.484 e. The van der Waals surface area contributed by atoms with Gasteiger partial charge in [-0.2, -0.15) is 0 Å². The van der Waals surface area contributed by atoms with Crippen molar-refractivity contribution in [2.24, 2.45) is 4.99 Å². The van der Waals surface area contributed by atoms with E-state index in [0.717, 1.165) is 11.1 Å². The number of carbonyl (C=O) groups is 1. The zero-order chi connectivity index (χ0) is 20.5. The fraction of sp³-hybridized carbons (Fsp3) is 0.333. The molecule has 0 aromatic heterocycles. The molecule has 2 rings (SSSR count). The van der Waals surface area contributed by atoms with Gasteiger partial charge >= 0.3 is 0 Å². The Labute approximate surface area is 188 Å². The summed E-state index contributed by atoms with van der Waals surface area (Å²) in [7, 11) is 5.08. The Bertz CT molecular complexity index is 843. The van der Waals surface area contributed by atoms with Crippen LogP contribution in [0, 0.1) is 12.7 Å². The van der Waals surface area contributed by atoms with Crippen LogP contribution in [0.15, 0.2) is 47.5 Å². The number of amides is 1. The number of hydrogen-bond donors (Lipinski definition) is 2. The molecule has 0 spiro atoms. The first-order valence-corrected chi connectivity index (χ1v) is 9.00. The Morgan fingerprint density at radius 1 is 1.10 bits per heavy atom. The molecule has 0 aliphatic rings. The van der Waals surface area contributed by atoms with Crippen molar-refractivity contribution in [2.75, 3.05) is 27.7 Å². The standard InChI is InChI=1S/C21H27FN4O2.HI/c1-15-10-17(8-9-19(15)22)13-25-21(23-2)24-12-16-6-5-7-18(11-16)28-14-20(27)26(3)4;/h5-11H,12-14H2,1-4H3,(H2,23,24,25);1H. The molecule has 0 atom stereocenters. The molecule has 2 aromatic rings. The summed E-state index contributed by atoms with van der Waals surface area (Å²) in [5.41, 5.74) is 2.59. The lowest BCUT2D eigenvalue weighted by Gasteiger charge is -2.14. The van der Waals surface area contributed by atoms with Gasteiger partial charge in [0.25, 0.3) is 5.91 Å². The third-order valence-electron chi connectivity index (χ3n) is 4.13. The first-order chi connectivity index (χ1) is 13.4. The van der Waals surface area contributed by atoms with E-state index in [2.05, 4.69) is 15.6 Å². The van der Waals surface area contributed by atoms with Gasteiger partial charge in [-0.15, -0.1) is 24.0 Å². The normalized spacial score (nSPS) is 10.7. The van der Waals surface area contributed by atoms with Crippen LogP contribution in [0.4, 0.5) is 4.39 Å². The van der Waals surface area contributed by atoms with Crippen LogP contribution in [-0.2, 0) is 17.9 Å². The molecule has 2 aromatic carbocycles. The molecule has 0 aliphatic carbocycles. The molecule has 0 radical (unpaired) electrons. The van der Waals surface area contributed by atoms with E-state index in [1.807, 2.05) is 30.3 Å². The molecular formula is C21H28FIN4O2. The Kier molecular flexibility index (Phi) is 10.4. The summed E-state index contributed by atoms with van der Waals surface area (Å²) in [5, 5.41) is 6.43. The monoisotopic (exact) mass is 514 g/mol. The van der Waals surface area contributed by atoms with Crippen molar-refractivity contribution in [3.8, 4) is 5.75 Å². The van der Waals surface area contributed by atoms with E-state index in [4.69, 9.17) is 4.74 Å². The van der Waals surface area contributed by atoms with Crippen LogP contribution in [0.5, 0.6) is 5.75 Å². The topological polar surface area (TPSA) is 66.0 Å². The second kappa shape index (κ2) is 12.3. The van der Waals surface area contributed by atoms with Crippen LogP contribution in [-0.4, -0.2) is 44.5 Å². The largest absolute Gasteiger partial charge is 0.484 e. The van der Waals surface area contributed by atoms with Gasteiger partial charge in [0.1, 0.15) is 11.6 Å². The van der Waals surface area contributed by atoms with E-state index in [1.54, 1.807) is 34.1 Å². The van der Waals surface area contributed by atoms with E-state index in [9.17, 15) is 9.18 Å². The molecule has 6 nitrogen and oxygen atoms in total. The Hall–Kier alpha value is -2.36. The molecule has 0 aliphatic heterocycles. The molecule has 0 saturated carbocycles. The minimum absolute atomic E-state index is 0. The summed E-state index contributed by atoms with van der Waals surface area (Å²) < 4.78 is 18.9. The zero-order valence-electron chi connectivity index (χ0n) is 17.2. The number of guanidine groups is 1. The molecule has 1 amide bonds. The fourth-order valence-electron chi connectivity index (χ4n) is 2.43. The third kappa shape index (κ3) is 8.26. The van der Waals surface area contributed by atoms with Crippen LogP contribution in [0.1, 0.15) is 16.7 Å². The molecule has 158 valence electrons. The molecule has 0 saturated heterocycles. The predicted octanol–water partition coefficient (Wildman–Crippen LogP) is 3.08. The maximum absolute atomic E-state index is 13.4. The molecule has 0 fully saturated rings. The number of aryl methyl sites for hydroxylation is 1. The van der Waals surface area contributed by atoms with E-state index in [1.165, 1.54) is 11.0 Å². The highest BCUT2D eigenvalue weighted by molar-refractivity contribution is 14.0. The SMILES string of the molecule is CN=C(NCc1cccc(OCC(=O)N(C)C)c1)NCc1ccc(F)c(C)c1.I. The predicted molar refractivity (Wildman–Crippen MR) is 124 cm³/mol. The van der Waals surface area contributed by atoms with Gasteiger partial charge in [-0.1, -0.05) is 24.3 Å². The molecule has 29 heavy (non-hydrogen) atoms. The lowest BCUT2D eigenvalue weighted by atomic mass is 10.1. The second-order valence-electron chi connectivity index (χ2n) is 6.59. The number of halogens is 2. The first-order valence-electron chi connectivity index (χ1n) is 9.00. The first kappa shape index (κ1) is 24.7. The highest BCUT2D eigenvalue weighted by Gasteiger charge is 2.06. The molecular weight excluding hydrogens is 486 g/mol. The summed E-state index contributed by atoms with van der Waals surface area (Å²) in [5.74, 6) is 0.972. The third-order valence-corrected chi connectivity index (χ3v) is 4.13. The number of hydrogen-bond acceptors (Lipinski definition) is 3. The Morgan fingerprint density at radius 3 is 2.34 bits per heavy atom. The summed E-state index contributed by atoms with van der Waals surface area (Å²) in [6.45, 7) is 2.83. The highest BCUT2D eigenvalue weighted by Crippen LogP contribution is 2.13. The average Bonchev–Trinajstić information content (AvgIpc) is 2.69. The van der Waals surface area contributed by atoms with Gasteiger partial charge in [-0.3, -0.25) is 9.79 Å². The van der Waals surface area contributed by atoms with Crippen LogP contribution in [0.2, 0.25) is 0 Å². The maximum atomic E-state index is 13.4. The average molecular weight is 514 g/mol. The quantitative estimate of drug-likeness (QED) is 0.339. The summed E-state index contributed by atoms with van der Waals surface area (Å²) in [6, 6.07) is 12.6. The second-order valence-corrected chi connectivity index (χ2v) is 6.59. The number of ether oxygens (including phenoxy) is 1. The van der Waals surface area contributed by atoms with Crippen LogP contribution in [0.3, 0.4) is 0 Å². The summed E-state index contributed by atoms with van der Waals surface area (Å²) in [4.78, 5) is 17.3. The van der Waals surface area contributed by atoms with Gasteiger partial charge in [0.2, 0.25) is 0 Å². The van der Waals surface area contributed by atoms with Gasteiger partial charge in [0.15, 0.2) is 12.6 Å². The number of nitrogens with one attached hydrogen (secondary N) is 2. The van der Waals surface area contributed by atoms with Gasteiger partial charge in [0.05, 0.1) is 0 Å². The highest BCUT2D eigenvalue weighted by atomic mass is 127. The van der Waals surface area contributed by atoms with Crippen LogP contribution < -0.4 is 15.4 Å². The van der Waals surface area contributed by atoms with E-state index < -0.39 is 0 Å². The van der Waals surface area contributed by atoms with E-state index in [-0.39, 0.29) is 42.3 Å². The van der Waals surface area contributed by atoms with Crippen molar-refractivity contribution in [1.82, 2.24) is 15.5 Å². The number of likely N-dealkylation sites (N-methyl/N-ethyl adjacent to an activating group) is 1. The number of rotatable bonds is 7. The molecule has 0 bridgehead atoms. The van der Waals surface area contributed by atoms with Crippen molar-refractivity contribution in [1.29, 1.82) is 0 Å². The molecule has 0 heterocycles. The van der Waals surface area contributed by atoms with E-state index in [0.29, 0.717) is 30.4 Å².